The Bertz CT molecular complexity index is 318. The van der Waals surface area contributed by atoms with Crippen LogP contribution in [0.1, 0.15) is 24.5 Å². The van der Waals surface area contributed by atoms with Crippen molar-refractivity contribution < 1.29 is 9.84 Å². The lowest BCUT2D eigenvalue weighted by atomic mass is 10.0. The minimum atomic E-state index is -0.229. The molecule has 1 aliphatic rings. The highest BCUT2D eigenvalue weighted by Gasteiger charge is 2.15. The maximum Gasteiger partial charge on any atom is 0.125 e. The van der Waals surface area contributed by atoms with Crippen LogP contribution in [0, 0.1) is 0 Å². The van der Waals surface area contributed by atoms with Gasteiger partial charge in [-0.05, 0) is 30.9 Å². The lowest BCUT2D eigenvalue weighted by Gasteiger charge is -2.08. The highest BCUT2D eigenvalue weighted by Crippen LogP contribution is 2.30. The highest BCUT2D eigenvalue weighted by atomic mass is 16.5. The van der Waals surface area contributed by atoms with Crippen molar-refractivity contribution in [3.63, 3.8) is 0 Å². The van der Waals surface area contributed by atoms with Gasteiger partial charge in [-0.25, -0.2) is 0 Å². The molecule has 0 spiro atoms. The first-order valence-corrected chi connectivity index (χ1v) is 5.19. The summed E-state index contributed by atoms with van der Waals surface area (Å²) in [5.41, 5.74) is 2.55. The molecule has 0 saturated heterocycles. The van der Waals surface area contributed by atoms with Gasteiger partial charge in [0.25, 0.3) is 0 Å². The van der Waals surface area contributed by atoms with E-state index in [4.69, 9.17) is 4.74 Å². The third-order valence-corrected chi connectivity index (χ3v) is 2.63. The van der Waals surface area contributed by atoms with Crippen molar-refractivity contribution in [3.8, 4) is 5.75 Å². The van der Waals surface area contributed by atoms with E-state index in [0.717, 1.165) is 31.6 Å². The van der Waals surface area contributed by atoms with Gasteiger partial charge in [-0.15, -0.1) is 0 Å². The Morgan fingerprint density at radius 2 is 2.36 bits per heavy atom. The summed E-state index contributed by atoms with van der Waals surface area (Å²) in [6, 6.07) is 6.28. The maximum atomic E-state index is 9.22. The van der Waals surface area contributed by atoms with Gasteiger partial charge in [0.05, 0.1) is 12.7 Å². The molecule has 2 heteroatoms. The van der Waals surface area contributed by atoms with E-state index < -0.39 is 0 Å². The van der Waals surface area contributed by atoms with Crippen molar-refractivity contribution in [2.24, 2.45) is 0 Å². The summed E-state index contributed by atoms with van der Waals surface area (Å²) >= 11 is 0. The zero-order chi connectivity index (χ0) is 9.97. The topological polar surface area (TPSA) is 29.5 Å². The van der Waals surface area contributed by atoms with E-state index in [2.05, 4.69) is 18.2 Å². The van der Waals surface area contributed by atoms with Crippen LogP contribution in [-0.2, 0) is 12.8 Å². The monoisotopic (exact) mass is 192 g/mol. The summed E-state index contributed by atoms with van der Waals surface area (Å²) in [6.07, 6.45) is 2.51. The first-order chi connectivity index (χ1) is 6.77. The van der Waals surface area contributed by atoms with Gasteiger partial charge >= 0.3 is 0 Å². The van der Waals surface area contributed by atoms with Crippen LogP contribution in [0.5, 0.6) is 5.75 Å². The van der Waals surface area contributed by atoms with Gasteiger partial charge in [-0.2, -0.15) is 0 Å². The van der Waals surface area contributed by atoms with Crippen molar-refractivity contribution in [2.75, 3.05) is 6.61 Å². The first-order valence-electron chi connectivity index (χ1n) is 5.19. The number of rotatable bonds is 3. The van der Waals surface area contributed by atoms with Crippen LogP contribution in [0.3, 0.4) is 0 Å². The normalized spacial score (nSPS) is 16.1. The van der Waals surface area contributed by atoms with E-state index in [1.807, 2.05) is 6.92 Å². The van der Waals surface area contributed by atoms with E-state index in [9.17, 15) is 5.11 Å². The molecule has 1 N–H and O–H groups in total. The molecule has 76 valence electrons. The van der Waals surface area contributed by atoms with Crippen molar-refractivity contribution in [3.05, 3.63) is 29.3 Å². The fourth-order valence-corrected chi connectivity index (χ4v) is 1.84. The fourth-order valence-electron chi connectivity index (χ4n) is 1.84. The van der Waals surface area contributed by atoms with E-state index in [-0.39, 0.29) is 6.10 Å². The zero-order valence-corrected chi connectivity index (χ0v) is 8.49. The van der Waals surface area contributed by atoms with Gasteiger partial charge in [0.1, 0.15) is 5.75 Å². The molecule has 0 aliphatic carbocycles. The summed E-state index contributed by atoms with van der Waals surface area (Å²) < 4.78 is 5.58. The molecule has 2 rings (SSSR count). The number of para-hydroxylation sites is 1. The largest absolute Gasteiger partial charge is 0.493 e. The molecule has 1 aliphatic heterocycles. The minimum absolute atomic E-state index is 0.229. The molecule has 2 nitrogen and oxygen atoms in total. The Kier molecular flexibility index (Phi) is 2.73. The second kappa shape index (κ2) is 4.01. The van der Waals surface area contributed by atoms with Crippen LogP contribution in [0.15, 0.2) is 18.2 Å². The predicted octanol–water partition coefficient (Wildman–Crippen LogP) is 1.93. The van der Waals surface area contributed by atoms with E-state index in [0.29, 0.717) is 0 Å². The molecule has 0 radical (unpaired) electrons. The highest BCUT2D eigenvalue weighted by molar-refractivity contribution is 5.44. The average molecular weight is 192 g/mol. The number of hydrogen-bond acceptors (Lipinski definition) is 2. The van der Waals surface area contributed by atoms with Crippen LogP contribution in [0.25, 0.3) is 0 Å². The Morgan fingerprint density at radius 3 is 3.14 bits per heavy atom. The van der Waals surface area contributed by atoms with Gasteiger partial charge in [-0.3, -0.25) is 0 Å². The van der Waals surface area contributed by atoms with E-state index in [1.54, 1.807) is 0 Å². The summed E-state index contributed by atoms with van der Waals surface area (Å²) in [5.74, 6) is 1.06. The van der Waals surface area contributed by atoms with Crippen molar-refractivity contribution in [1.29, 1.82) is 0 Å². The number of benzene rings is 1. The van der Waals surface area contributed by atoms with Crippen LogP contribution < -0.4 is 4.74 Å². The van der Waals surface area contributed by atoms with Crippen LogP contribution >= 0.6 is 0 Å². The molecule has 0 unspecified atom stereocenters. The Morgan fingerprint density at radius 1 is 1.50 bits per heavy atom. The lowest BCUT2D eigenvalue weighted by molar-refractivity contribution is 0.184. The number of aliphatic hydroxyl groups is 1. The van der Waals surface area contributed by atoms with Gasteiger partial charge in [0, 0.05) is 6.42 Å². The summed E-state index contributed by atoms with van der Waals surface area (Å²) in [5, 5.41) is 9.22. The SMILES string of the molecule is C[C@@H](O)CCc1cccc2c1OCC2. The molecular weight excluding hydrogens is 176 g/mol. The van der Waals surface area contributed by atoms with Gasteiger partial charge < -0.3 is 9.84 Å². The zero-order valence-electron chi connectivity index (χ0n) is 8.49. The number of aliphatic hydroxyl groups excluding tert-OH is 1. The van der Waals surface area contributed by atoms with Crippen LogP contribution in [-0.4, -0.2) is 17.8 Å². The van der Waals surface area contributed by atoms with Crippen molar-refractivity contribution in [1.82, 2.24) is 0 Å². The molecule has 1 heterocycles. The van der Waals surface area contributed by atoms with Crippen molar-refractivity contribution >= 4 is 0 Å². The smallest absolute Gasteiger partial charge is 0.125 e. The molecule has 0 saturated carbocycles. The second-order valence-electron chi connectivity index (χ2n) is 3.89. The molecule has 0 bridgehead atoms. The molecule has 1 atom stereocenters. The van der Waals surface area contributed by atoms with Crippen LogP contribution in [0.4, 0.5) is 0 Å². The molecule has 0 fully saturated rings. The lowest BCUT2D eigenvalue weighted by Crippen LogP contribution is -2.02. The number of aryl methyl sites for hydroxylation is 1. The Hall–Kier alpha value is -1.02. The summed E-state index contributed by atoms with van der Waals surface area (Å²) in [6.45, 7) is 2.63. The molecule has 14 heavy (non-hydrogen) atoms. The van der Waals surface area contributed by atoms with Crippen molar-refractivity contribution in [2.45, 2.75) is 32.3 Å². The molecule has 0 aromatic heterocycles. The first kappa shape index (κ1) is 9.53. The van der Waals surface area contributed by atoms with E-state index in [1.165, 1.54) is 11.1 Å². The Balaban J connectivity index is 2.14. The summed E-state index contributed by atoms with van der Waals surface area (Å²) in [4.78, 5) is 0. The number of fused-ring (bicyclic) bond motifs is 1. The van der Waals surface area contributed by atoms with Gasteiger partial charge in [0.15, 0.2) is 0 Å². The minimum Gasteiger partial charge on any atom is -0.493 e. The molecule has 1 aromatic carbocycles. The standard InChI is InChI=1S/C12H16O2/c1-9(13)5-6-10-3-2-4-11-7-8-14-12(10)11/h2-4,9,13H,5-8H2,1H3/t9-/m1/s1. The quantitative estimate of drug-likeness (QED) is 0.793. The predicted molar refractivity (Wildman–Crippen MR) is 55.6 cm³/mol. The third-order valence-electron chi connectivity index (χ3n) is 2.63. The number of hydrogen-bond donors (Lipinski definition) is 1. The molecule has 0 amide bonds. The molecular formula is C12H16O2. The molecule has 1 aromatic rings. The maximum absolute atomic E-state index is 9.22. The second-order valence-corrected chi connectivity index (χ2v) is 3.89. The van der Waals surface area contributed by atoms with Gasteiger partial charge in [0.2, 0.25) is 0 Å². The number of ether oxygens (including phenoxy) is 1. The fraction of sp³-hybridized carbons (Fsp3) is 0.500. The Labute approximate surface area is 84.5 Å². The van der Waals surface area contributed by atoms with E-state index >= 15 is 0 Å². The van der Waals surface area contributed by atoms with Gasteiger partial charge in [-0.1, -0.05) is 18.2 Å². The summed E-state index contributed by atoms with van der Waals surface area (Å²) in [7, 11) is 0. The third kappa shape index (κ3) is 1.90. The van der Waals surface area contributed by atoms with Crippen LogP contribution in [0.2, 0.25) is 0 Å². The average Bonchev–Trinajstić information content (AvgIpc) is 2.62.